The minimum Gasteiger partial charge on any atom is -0.289 e. The van der Waals surface area contributed by atoms with Gasteiger partial charge in [0.1, 0.15) is 0 Å². The first-order valence-corrected chi connectivity index (χ1v) is 5.86. The maximum absolute atomic E-state index is 11.9. The minimum absolute atomic E-state index is 0.0241. The van der Waals surface area contributed by atoms with Crippen LogP contribution in [0.15, 0.2) is 48.8 Å². The van der Waals surface area contributed by atoms with Crippen molar-refractivity contribution in [2.75, 3.05) is 0 Å². The number of ketones is 1. The van der Waals surface area contributed by atoms with Crippen LogP contribution in [0.5, 0.6) is 0 Å². The van der Waals surface area contributed by atoms with Crippen molar-refractivity contribution in [1.29, 1.82) is 0 Å². The molecule has 2 aromatic rings. The fourth-order valence-corrected chi connectivity index (χ4v) is 1.71. The molecule has 0 fully saturated rings. The van der Waals surface area contributed by atoms with Gasteiger partial charge >= 0.3 is 0 Å². The molecule has 0 spiro atoms. The SMILES string of the molecule is Cc1ccc(C)c(C=CC(=O)c2cccnc2)c1. The van der Waals surface area contributed by atoms with E-state index in [1.807, 2.05) is 19.9 Å². The molecule has 0 amide bonds. The molecule has 0 bridgehead atoms. The highest BCUT2D eigenvalue weighted by Crippen LogP contribution is 2.13. The van der Waals surface area contributed by atoms with E-state index in [9.17, 15) is 4.79 Å². The van der Waals surface area contributed by atoms with Crippen LogP contribution in [0.4, 0.5) is 0 Å². The molecule has 1 aromatic heterocycles. The largest absolute Gasteiger partial charge is 0.289 e. The van der Waals surface area contributed by atoms with Crippen LogP contribution < -0.4 is 0 Å². The first-order valence-electron chi connectivity index (χ1n) is 5.86. The van der Waals surface area contributed by atoms with Crippen LogP contribution in [-0.2, 0) is 0 Å². The van der Waals surface area contributed by atoms with Gasteiger partial charge < -0.3 is 0 Å². The lowest BCUT2D eigenvalue weighted by molar-refractivity contribution is 0.104. The summed E-state index contributed by atoms with van der Waals surface area (Å²) in [5, 5.41) is 0. The molecule has 0 aliphatic rings. The Hall–Kier alpha value is -2.22. The second-order valence-corrected chi connectivity index (χ2v) is 4.30. The molecule has 0 saturated heterocycles. The summed E-state index contributed by atoms with van der Waals surface area (Å²) in [6, 6.07) is 9.73. The Morgan fingerprint density at radius 1 is 1.22 bits per heavy atom. The summed E-state index contributed by atoms with van der Waals surface area (Å²) >= 11 is 0. The highest BCUT2D eigenvalue weighted by molar-refractivity contribution is 6.06. The molecule has 0 aliphatic carbocycles. The van der Waals surface area contributed by atoms with Crippen LogP contribution in [-0.4, -0.2) is 10.8 Å². The fourth-order valence-electron chi connectivity index (χ4n) is 1.71. The maximum Gasteiger partial charge on any atom is 0.187 e. The molecule has 0 N–H and O–H groups in total. The molecule has 2 rings (SSSR count). The average molecular weight is 237 g/mol. The van der Waals surface area contributed by atoms with E-state index in [1.165, 1.54) is 5.56 Å². The van der Waals surface area contributed by atoms with Crippen molar-refractivity contribution < 1.29 is 4.79 Å². The van der Waals surface area contributed by atoms with E-state index < -0.39 is 0 Å². The number of carbonyl (C=O) groups excluding carboxylic acids is 1. The summed E-state index contributed by atoms with van der Waals surface area (Å²) in [5.41, 5.74) is 4.04. The van der Waals surface area contributed by atoms with Crippen LogP contribution in [0.2, 0.25) is 0 Å². The Labute approximate surface area is 107 Å². The van der Waals surface area contributed by atoms with Crippen LogP contribution >= 0.6 is 0 Å². The fraction of sp³-hybridized carbons (Fsp3) is 0.125. The number of nitrogens with zero attached hydrogens (tertiary/aromatic N) is 1. The Morgan fingerprint density at radius 2 is 2.06 bits per heavy atom. The van der Waals surface area contributed by atoms with Crippen molar-refractivity contribution in [3.8, 4) is 0 Å². The van der Waals surface area contributed by atoms with Crippen LogP contribution in [0, 0.1) is 13.8 Å². The first kappa shape index (κ1) is 12.2. The molecule has 1 aromatic carbocycles. The lowest BCUT2D eigenvalue weighted by Crippen LogP contribution is -1.94. The van der Waals surface area contributed by atoms with E-state index in [1.54, 1.807) is 30.6 Å². The zero-order valence-corrected chi connectivity index (χ0v) is 10.6. The van der Waals surface area contributed by atoms with Crippen molar-refractivity contribution in [3.05, 3.63) is 71.1 Å². The van der Waals surface area contributed by atoms with Crippen molar-refractivity contribution >= 4 is 11.9 Å². The van der Waals surface area contributed by atoms with E-state index >= 15 is 0 Å². The molecule has 2 nitrogen and oxygen atoms in total. The van der Waals surface area contributed by atoms with Gasteiger partial charge in [-0.3, -0.25) is 9.78 Å². The number of benzene rings is 1. The molecule has 90 valence electrons. The zero-order valence-electron chi connectivity index (χ0n) is 10.6. The summed E-state index contributed by atoms with van der Waals surface area (Å²) in [6.07, 6.45) is 6.69. The number of hydrogen-bond donors (Lipinski definition) is 0. The summed E-state index contributed by atoms with van der Waals surface area (Å²) in [6.45, 7) is 4.08. The summed E-state index contributed by atoms with van der Waals surface area (Å²) < 4.78 is 0. The second-order valence-electron chi connectivity index (χ2n) is 4.30. The molecule has 0 aliphatic heterocycles. The topological polar surface area (TPSA) is 30.0 Å². The van der Waals surface area contributed by atoms with Crippen LogP contribution in [0.25, 0.3) is 6.08 Å². The van der Waals surface area contributed by atoms with Gasteiger partial charge in [0.15, 0.2) is 5.78 Å². The Bertz CT molecular complexity index is 585. The quantitative estimate of drug-likeness (QED) is 0.603. The second kappa shape index (κ2) is 5.41. The number of hydrogen-bond acceptors (Lipinski definition) is 2. The van der Waals surface area contributed by atoms with E-state index in [0.29, 0.717) is 5.56 Å². The average Bonchev–Trinajstić information content (AvgIpc) is 2.40. The first-order chi connectivity index (χ1) is 8.66. The van der Waals surface area contributed by atoms with Crippen molar-refractivity contribution in [2.24, 2.45) is 0 Å². The Balaban J connectivity index is 2.21. The standard InChI is InChI=1S/C16H15NO/c1-12-5-6-13(2)14(10-12)7-8-16(18)15-4-3-9-17-11-15/h3-11H,1-2H3. The third kappa shape index (κ3) is 2.92. The molecule has 0 atom stereocenters. The van der Waals surface area contributed by atoms with Gasteiger partial charge in [-0.05, 0) is 43.2 Å². The Kier molecular flexibility index (Phi) is 3.68. The predicted molar refractivity (Wildman–Crippen MR) is 73.5 cm³/mol. The van der Waals surface area contributed by atoms with E-state index in [-0.39, 0.29) is 5.78 Å². The van der Waals surface area contributed by atoms with Crippen molar-refractivity contribution in [1.82, 2.24) is 4.98 Å². The maximum atomic E-state index is 11.9. The minimum atomic E-state index is -0.0241. The number of pyridine rings is 1. The van der Waals surface area contributed by atoms with Gasteiger partial charge in [-0.25, -0.2) is 0 Å². The molecule has 2 heteroatoms. The van der Waals surface area contributed by atoms with Gasteiger partial charge in [-0.15, -0.1) is 0 Å². The third-order valence-electron chi connectivity index (χ3n) is 2.80. The Morgan fingerprint density at radius 3 is 2.78 bits per heavy atom. The lowest BCUT2D eigenvalue weighted by Gasteiger charge is -2.01. The third-order valence-corrected chi connectivity index (χ3v) is 2.80. The van der Waals surface area contributed by atoms with Crippen LogP contribution in [0.1, 0.15) is 27.0 Å². The summed E-state index contributed by atoms with van der Waals surface area (Å²) in [5.74, 6) is -0.0241. The number of allylic oxidation sites excluding steroid dienone is 1. The van der Waals surface area contributed by atoms with Gasteiger partial charge in [0, 0.05) is 18.0 Å². The zero-order chi connectivity index (χ0) is 13.0. The van der Waals surface area contributed by atoms with E-state index in [4.69, 9.17) is 0 Å². The molecule has 1 heterocycles. The van der Waals surface area contributed by atoms with Crippen LogP contribution in [0.3, 0.4) is 0 Å². The molecular formula is C16H15NO. The summed E-state index contributed by atoms with van der Waals surface area (Å²) in [4.78, 5) is 15.8. The van der Waals surface area contributed by atoms with Crippen molar-refractivity contribution in [2.45, 2.75) is 13.8 Å². The predicted octanol–water partition coefficient (Wildman–Crippen LogP) is 3.59. The normalized spacial score (nSPS) is 10.8. The summed E-state index contributed by atoms with van der Waals surface area (Å²) in [7, 11) is 0. The molecule has 18 heavy (non-hydrogen) atoms. The monoisotopic (exact) mass is 237 g/mol. The van der Waals surface area contributed by atoms with E-state index in [0.717, 1.165) is 11.1 Å². The number of rotatable bonds is 3. The van der Waals surface area contributed by atoms with Gasteiger partial charge in [0.05, 0.1) is 0 Å². The molecule has 0 unspecified atom stereocenters. The smallest absolute Gasteiger partial charge is 0.187 e. The van der Waals surface area contributed by atoms with Gasteiger partial charge in [-0.1, -0.05) is 29.8 Å². The molecule has 0 radical (unpaired) electrons. The molecular weight excluding hydrogens is 222 g/mol. The van der Waals surface area contributed by atoms with E-state index in [2.05, 4.69) is 23.2 Å². The van der Waals surface area contributed by atoms with Gasteiger partial charge in [0.2, 0.25) is 0 Å². The highest BCUT2D eigenvalue weighted by atomic mass is 16.1. The lowest BCUT2D eigenvalue weighted by atomic mass is 10.0. The number of aryl methyl sites for hydroxylation is 2. The van der Waals surface area contributed by atoms with Gasteiger partial charge in [-0.2, -0.15) is 0 Å². The number of aromatic nitrogens is 1. The van der Waals surface area contributed by atoms with Gasteiger partial charge in [0.25, 0.3) is 0 Å². The highest BCUT2D eigenvalue weighted by Gasteiger charge is 2.01. The number of carbonyl (C=O) groups is 1. The molecule has 0 saturated carbocycles. The van der Waals surface area contributed by atoms with Crippen molar-refractivity contribution in [3.63, 3.8) is 0 Å².